The summed E-state index contributed by atoms with van der Waals surface area (Å²) < 4.78 is 19.2. The fraction of sp³-hybridized carbons (Fsp3) is 0.538. The Morgan fingerprint density at radius 1 is 0.846 bits per heavy atom. The smallest absolute Gasteiger partial charge is 0.352 e. The fourth-order valence-electron chi connectivity index (χ4n) is 4.58. The monoisotopic (exact) mass is 566 g/mol. The van der Waals surface area contributed by atoms with Gasteiger partial charge >= 0.3 is 29.8 Å². The predicted molar refractivity (Wildman–Crippen MR) is 142 cm³/mol. The van der Waals surface area contributed by atoms with E-state index in [2.05, 4.69) is 4.98 Å². The molecule has 1 atom stereocenters. The van der Waals surface area contributed by atoms with Crippen LogP contribution in [-0.4, -0.2) is 85.2 Å². The molecule has 0 radical (unpaired) electrons. The lowest BCUT2D eigenvalue weighted by Crippen LogP contribution is -2.29. The maximum atomic E-state index is 12.4. The van der Waals surface area contributed by atoms with Crippen molar-refractivity contribution in [1.29, 1.82) is 0 Å². The van der Waals surface area contributed by atoms with E-state index in [4.69, 9.17) is 23.9 Å². The molecule has 1 aliphatic heterocycles. The number of esters is 4. The molecule has 39 heavy (non-hydrogen) atoms. The van der Waals surface area contributed by atoms with Gasteiger partial charge < -0.3 is 29.0 Å². The highest BCUT2D eigenvalue weighted by Gasteiger charge is 2.41. The second-order valence-electron chi connectivity index (χ2n) is 8.93. The van der Waals surface area contributed by atoms with Crippen LogP contribution in [0.1, 0.15) is 59.9 Å². The van der Waals surface area contributed by atoms with Crippen LogP contribution < -0.4 is 0 Å². The molecule has 214 valence electrons. The summed E-state index contributed by atoms with van der Waals surface area (Å²) in [5, 5.41) is 10.5. The van der Waals surface area contributed by atoms with E-state index in [1.807, 2.05) is 6.26 Å². The van der Waals surface area contributed by atoms with Crippen LogP contribution in [0, 0.1) is 0 Å². The number of ether oxygens (including phenoxy) is 4. The zero-order chi connectivity index (χ0) is 29.3. The highest BCUT2D eigenvalue weighted by Crippen LogP contribution is 2.42. The van der Waals surface area contributed by atoms with E-state index in [-0.39, 0.29) is 56.2 Å². The normalized spacial score (nSPS) is 16.5. The molecule has 1 unspecified atom stereocenters. The van der Waals surface area contributed by atoms with E-state index in [1.165, 1.54) is 40.2 Å². The topological polar surface area (TPSA) is 171 Å². The molecule has 1 aromatic heterocycles. The van der Waals surface area contributed by atoms with E-state index < -0.39 is 35.4 Å². The van der Waals surface area contributed by atoms with E-state index in [1.54, 1.807) is 6.92 Å². The third-order valence-corrected chi connectivity index (χ3v) is 7.29. The van der Waals surface area contributed by atoms with Crippen molar-refractivity contribution < 1.29 is 48.0 Å². The van der Waals surface area contributed by atoms with Crippen molar-refractivity contribution in [2.24, 2.45) is 4.99 Å². The third-order valence-electron chi connectivity index (χ3n) is 6.57. The number of aromatic amines is 1. The molecule has 0 amide bonds. The van der Waals surface area contributed by atoms with Crippen LogP contribution in [0.25, 0.3) is 0 Å². The summed E-state index contributed by atoms with van der Waals surface area (Å²) in [4.78, 5) is 68.4. The average molecular weight is 567 g/mol. The summed E-state index contributed by atoms with van der Waals surface area (Å²) in [7, 11) is 5.01. The number of thioether (sulfide) groups is 1. The number of hydrogen-bond acceptors (Lipinski definition) is 11. The minimum absolute atomic E-state index is 0.0557. The maximum absolute atomic E-state index is 12.4. The second kappa shape index (κ2) is 14.0. The molecule has 12 nitrogen and oxygen atoms in total. The van der Waals surface area contributed by atoms with E-state index in [0.717, 1.165) is 5.57 Å². The van der Waals surface area contributed by atoms with Crippen LogP contribution in [0.15, 0.2) is 16.1 Å². The number of H-pyrrole nitrogens is 1. The number of methoxy groups -OCH3 is 4. The number of carboxylic acid groups (broad SMARTS) is 1. The van der Waals surface area contributed by atoms with Crippen molar-refractivity contribution in [3.8, 4) is 0 Å². The summed E-state index contributed by atoms with van der Waals surface area (Å²) in [5.74, 6) is -3.35. The van der Waals surface area contributed by atoms with Gasteiger partial charge in [-0.1, -0.05) is 0 Å². The molecule has 1 aromatic rings. The molecule has 0 aliphatic carbocycles. The number of carbonyl (C=O) groups is 5. The number of carboxylic acids is 1. The molecule has 0 saturated heterocycles. The van der Waals surface area contributed by atoms with Crippen molar-refractivity contribution >= 4 is 46.7 Å². The molecular formula is C26H34N2O10S. The Labute approximate surface area is 230 Å². The molecule has 0 saturated carbocycles. The van der Waals surface area contributed by atoms with Gasteiger partial charge in [0.25, 0.3) is 0 Å². The van der Waals surface area contributed by atoms with Crippen LogP contribution >= 0.6 is 11.8 Å². The minimum atomic E-state index is -1.28. The third kappa shape index (κ3) is 7.71. The van der Waals surface area contributed by atoms with Gasteiger partial charge in [-0.3, -0.25) is 24.2 Å². The van der Waals surface area contributed by atoms with Crippen molar-refractivity contribution in [2.75, 3.05) is 34.7 Å². The first-order chi connectivity index (χ1) is 18.4. The van der Waals surface area contributed by atoms with Gasteiger partial charge in [-0.15, -0.1) is 11.8 Å². The fourth-order valence-corrected chi connectivity index (χ4v) is 5.35. The van der Waals surface area contributed by atoms with Gasteiger partial charge in [0.05, 0.1) is 51.9 Å². The molecule has 1 aliphatic rings. The molecule has 0 spiro atoms. The van der Waals surface area contributed by atoms with E-state index >= 15 is 0 Å². The lowest BCUT2D eigenvalue weighted by Gasteiger charge is -2.26. The zero-order valence-electron chi connectivity index (χ0n) is 22.9. The molecule has 2 rings (SSSR count). The number of rotatable bonds is 13. The van der Waals surface area contributed by atoms with Crippen molar-refractivity contribution in [3.63, 3.8) is 0 Å². The number of aromatic nitrogens is 1. The second-order valence-corrected chi connectivity index (χ2v) is 9.72. The Kier molecular flexibility index (Phi) is 11.3. The molecule has 0 fully saturated rings. The summed E-state index contributed by atoms with van der Waals surface area (Å²) in [6, 6.07) is 0. The Balaban J connectivity index is 2.68. The van der Waals surface area contributed by atoms with E-state index in [0.29, 0.717) is 21.9 Å². The number of nitrogens with one attached hydrogen (secondary N) is 1. The van der Waals surface area contributed by atoms with Gasteiger partial charge in [0.2, 0.25) is 0 Å². The molecule has 2 heterocycles. The average Bonchev–Trinajstić information content (AvgIpc) is 3.38. The minimum Gasteiger partial charge on any atom is -0.477 e. The standard InChI is InChI=1S/C26H34N2O10S/c1-26(17(12-22(32)38-5)15(24(28-26)39-6)8-10-20(30)36-3)13-18-14(7-9-19(29)35-2)16(11-21(31)37-4)23(27-18)25(33)34/h27H,7-13H2,1-6H3,(H,33,34). The predicted octanol–water partition coefficient (Wildman–Crippen LogP) is 2.42. The van der Waals surface area contributed by atoms with Gasteiger partial charge in [0, 0.05) is 25.0 Å². The molecule has 0 bridgehead atoms. The number of hydrogen-bond donors (Lipinski definition) is 2. The van der Waals surface area contributed by atoms with Gasteiger partial charge in [-0.05, 0) is 48.3 Å². The quantitative estimate of drug-likeness (QED) is 0.265. The Morgan fingerprint density at radius 2 is 1.38 bits per heavy atom. The summed E-state index contributed by atoms with van der Waals surface area (Å²) in [6.07, 6.45) is 1.91. The SMILES string of the molecule is COC(=O)CCC1=C(CC(=O)OC)C(C)(Cc2[nH]c(C(=O)O)c(CC(=O)OC)c2CCC(=O)OC)N=C1SC. The van der Waals surface area contributed by atoms with Crippen molar-refractivity contribution in [1.82, 2.24) is 4.98 Å². The maximum Gasteiger partial charge on any atom is 0.352 e. The van der Waals surface area contributed by atoms with Gasteiger partial charge in [-0.25, -0.2) is 4.79 Å². The van der Waals surface area contributed by atoms with Crippen LogP contribution in [0.3, 0.4) is 0 Å². The Hall–Kier alpha value is -3.61. The first-order valence-corrected chi connectivity index (χ1v) is 13.3. The first-order valence-electron chi connectivity index (χ1n) is 12.0. The van der Waals surface area contributed by atoms with E-state index in [9.17, 15) is 29.1 Å². The molecule has 2 N–H and O–H groups in total. The lowest BCUT2D eigenvalue weighted by atomic mass is 9.82. The number of nitrogens with zero attached hydrogens (tertiary/aromatic N) is 1. The van der Waals surface area contributed by atoms with Crippen LogP contribution in [0.5, 0.6) is 0 Å². The first kappa shape index (κ1) is 31.6. The van der Waals surface area contributed by atoms with Gasteiger partial charge in [-0.2, -0.15) is 0 Å². The van der Waals surface area contributed by atoms with Crippen molar-refractivity contribution in [3.05, 3.63) is 33.7 Å². The highest BCUT2D eigenvalue weighted by molar-refractivity contribution is 8.13. The summed E-state index contributed by atoms with van der Waals surface area (Å²) in [6.45, 7) is 1.80. The summed E-state index contributed by atoms with van der Waals surface area (Å²) >= 11 is 1.36. The number of carbonyl (C=O) groups excluding carboxylic acids is 4. The summed E-state index contributed by atoms with van der Waals surface area (Å²) in [5.41, 5.74) is 1.23. The van der Waals surface area contributed by atoms with Gasteiger partial charge in [0.1, 0.15) is 5.69 Å². The lowest BCUT2D eigenvalue weighted by molar-refractivity contribution is -0.141. The van der Waals surface area contributed by atoms with Crippen molar-refractivity contribution in [2.45, 2.75) is 57.4 Å². The van der Waals surface area contributed by atoms with Crippen LogP contribution in [-0.2, 0) is 57.4 Å². The number of aromatic carboxylic acids is 1. The highest BCUT2D eigenvalue weighted by atomic mass is 32.2. The van der Waals surface area contributed by atoms with Crippen LogP contribution in [0.4, 0.5) is 0 Å². The molecular weight excluding hydrogens is 532 g/mol. The Morgan fingerprint density at radius 3 is 1.90 bits per heavy atom. The largest absolute Gasteiger partial charge is 0.477 e. The van der Waals surface area contributed by atoms with Gasteiger partial charge in [0.15, 0.2) is 0 Å². The zero-order valence-corrected chi connectivity index (χ0v) is 23.7. The molecule has 0 aromatic carbocycles. The van der Waals surface area contributed by atoms with Crippen LogP contribution in [0.2, 0.25) is 0 Å². The number of aliphatic imine (C=N–C) groups is 1. The Bertz CT molecular complexity index is 1200. The molecule has 13 heteroatoms.